The number of rotatable bonds is 6. The van der Waals surface area contributed by atoms with Crippen LogP contribution in [0.3, 0.4) is 0 Å². The van der Waals surface area contributed by atoms with Gasteiger partial charge in [0.1, 0.15) is 11.5 Å². The first kappa shape index (κ1) is 16.1. The van der Waals surface area contributed by atoms with Gasteiger partial charge >= 0.3 is 0 Å². The van der Waals surface area contributed by atoms with Gasteiger partial charge in [0.15, 0.2) is 5.89 Å². The van der Waals surface area contributed by atoms with E-state index < -0.39 is 0 Å². The number of aromatic nitrogens is 1. The zero-order valence-electron chi connectivity index (χ0n) is 14.0. The summed E-state index contributed by atoms with van der Waals surface area (Å²) < 4.78 is 11.2. The Morgan fingerprint density at radius 2 is 2.13 bits per heavy atom. The summed E-state index contributed by atoms with van der Waals surface area (Å²) in [4.78, 5) is 4.20. The number of benzene rings is 1. The molecule has 0 aliphatic heterocycles. The molecule has 1 fully saturated rings. The van der Waals surface area contributed by atoms with E-state index in [-0.39, 0.29) is 5.54 Å². The highest BCUT2D eigenvalue weighted by atomic mass is 16.5. The Morgan fingerprint density at radius 1 is 1.35 bits per heavy atom. The van der Waals surface area contributed by atoms with Crippen LogP contribution in [0.25, 0.3) is 0 Å². The third kappa shape index (κ3) is 4.35. The Balaban J connectivity index is 1.44. The molecule has 1 aliphatic rings. The second-order valence-corrected chi connectivity index (χ2v) is 6.98. The molecule has 0 spiro atoms. The lowest BCUT2D eigenvalue weighted by molar-refractivity contribution is 0.304. The van der Waals surface area contributed by atoms with Crippen LogP contribution in [-0.4, -0.2) is 17.1 Å². The molecule has 124 valence electrons. The molecule has 0 bridgehead atoms. The summed E-state index contributed by atoms with van der Waals surface area (Å²) in [6.45, 7) is 4.73. The van der Waals surface area contributed by atoms with E-state index in [0.717, 1.165) is 43.1 Å². The fraction of sp³-hybridized carbons (Fsp3) is 0.526. The molecule has 1 heterocycles. The molecule has 2 atom stereocenters. The number of aryl methyl sites for hydroxylation is 2. The highest BCUT2D eigenvalue weighted by Crippen LogP contribution is 2.39. The van der Waals surface area contributed by atoms with Gasteiger partial charge in [-0.1, -0.05) is 12.1 Å². The predicted octanol–water partition coefficient (Wildman–Crippen LogP) is 3.98. The Bertz CT molecular complexity index is 631. The topological polar surface area (TPSA) is 61.3 Å². The van der Waals surface area contributed by atoms with Crippen molar-refractivity contribution in [1.29, 1.82) is 0 Å². The van der Waals surface area contributed by atoms with Crippen molar-refractivity contribution >= 4 is 0 Å². The van der Waals surface area contributed by atoms with Crippen molar-refractivity contribution in [1.82, 2.24) is 4.98 Å². The molecule has 1 aromatic carbocycles. The SMILES string of the molecule is Cc1cnc(CCCOc2ccc([C@@H]3CC[C@@](C)(N)C3)cc2)o1. The van der Waals surface area contributed by atoms with Gasteiger partial charge in [0.25, 0.3) is 0 Å². The molecule has 0 saturated heterocycles. The van der Waals surface area contributed by atoms with Crippen LogP contribution < -0.4 is 10.5 Å². The van der Waals surface area contributed by atoms with E-state index in [9.17, 15) is 0 Å². The average molecular weight is 314 g/mol. The van der Waals surface area contributed by atoms with Crippen molar-refractivity contribution in [3.05, 3.63) is 47.7 Å². The molecule has 2 N–H and O–H groups in total. The molecular formula is C19H26N2O2. The molecule has 0 unspecified atom stereocenters. The maximum Gasteiger partial charge on any atom is 0.194 e. The fourth-order valence-electron chi connectivity index (χ4n) is 3.32. The van der Waals surface area contributed by atoms with Crippen molar-refractivity contribution in [2.24, 2.45) is 5.73 Å². The number of nitrogens with two attached hydrogens (primary N) is 1. The van der Waals surface area contributed by atoms with Gasteiger partial charge in [-0.2, -0.15) is 0 Å². The molecule has 2 aromatic rings. The smallest absolute Gasteiger partial charge is 0.194 e. The van der Waals surface area contributed by atoms with Gasteiger partial charge in [-0.25, -0.2) is 4.98 Å². The summed E-state index contributed by atoms with van der Waals surface area (Å²) in [6, 6.07) is 8.49. The summed E-state index contributed by atoms with van der Waals surface area (Å²) >= 11 is 0. The molecule has 4 nitrogen and oxygen atoms in total. The van der Waals surface area contributed by atoms with E-state index in [0.29, 0.717) is 12.5 Å². The van der Waals surface area contributed by atoms with Crippen LogP contribution in [-0.2, 0) is 6.42 Å². The maximum atomic E-state index is 6.23. The summed E-state index contributed by atoms with van der Waals surface area (Å²) in [7, 11) is 0. The van der Waals surface area contributed by atoms with E-state index in [1.807, 2.05) is 6.92 Å². The largest absolute Gasteiger partial charge is 0.494 e. The molecule has 3 rings (SSSR count). The highest BCUT2D eigenvalue weighted by molar-refractivity contribution is 5.30. The lowest BCUT2D eigenvalue weighted by Crippen LogP contribution is -2.32. The summed E-state index contributed by atoms with van der Waals surface area (Å²) in [5.74, 6) is 3.16. The molecule has 0 radical (unpaired) electrons. The van der Waals surface area contributed by atoms with Crippen molar-refractivity contribution in [2.45, 2.75) is 57.4 Å². The first-order valence-electron chi connectivity index (χ1n) is 8.45. The third-order valence-corrected chi connectivity index (χ3v) is 4.60. The van der Waals surface area contributed by atoms with E-state index in [4.69, 9.17) is 14.9 Å². The number of hydrogen-bond donors (Lipinski definition) is 1. The molecule has 1 saturated carbocycles. The van der Waals surface area contributed by atoms with Gasteiger partial charge in [-0.15, -0.1) is 0 Å². The molecular weight excluding hydrogens is 288 g/mol. The van der Waals surface area contributed by atoms with E-state index in [1.165, 1.54) is 12.0 Å². The Kier molecular flexibility index (Phi) is 4.71. The molecule has 4 heteroatoms. The van der Waals surface area contributed by atoms with Crippen molar-refractivity contribution in [3.8, 4) is 5.75 Å². The minimum atomic E-state index is -0.00191. The minimum Gasteiger partial charge on any atom is -0.494 e. The van der Waals surface area contributed by atoms with Crippen LogP contribution in [0.2, 0.25) is 0 Å². The lowest BCUT2D eigenvalue weighted by atomic mass is 9.94. The average Bonchev–Trinajstić information content (AvgIpc) is 3.10. The number of ether oxygens (including phenoxy) is 1. The molecule has 0 amide bonds. The summed E-state index contributed by atoms with van der Waals surface area (Å²) in [5.41, 5.74) is 7.60. The van der Waals surface area contributed by atoms with Crippen LogP contribution in [0.15, 0.2) is 34.9 Å². The Hall–Kier alpha value is -1.81. The lowest BCUT2D eigenvalue weighted by Gasteiger charge is -2.17. The van der Waals surface area contributed by atoms with Gasteiger partial charge in [0.2, 0.25) is 0 Å². The van der Waals surface area contributed by atoms with Crippen molar-refractivity contribution < 1.29 is 9.15 Å². The third-order valence-electron chi connectivity index (χ3n) is 4.60. The monoisotopic (exact) mass is 314 g/mol. The van der Waals surface area contributed by atoms with Gasteiger partial charge < -0.3 is 14.9 Å². The quantitative estimate of drug-likeness (QED) is 0.819. The molecule has 1 aliphatic carbocycles. The predicted molar refractivity (Wildman–Crippen MR) is 90.7 cm³/mol. The molecule has 1 aromatic heterocycles. The maximum absolute atomic E-state index is 6.23. The number of hydrogen-bond acceptors (Lipinski definition) is 4. The van der Waals surface area contributed by atoms with Crippen LogP contribution in [0, 0.1) is 6.92 Å². The van der Waals surface area contributed by atoms with Crippen LogP contribution in [0.5, 0.6) is 5.75 Å². The number of nitrogens with zero attached hydrogens (tertiary/aromatic N) is 1. The minimum absolute atomic E-state index is 0.00191. The van der Waals surface area contributed by atoms with Crippen LogP contribution >= 0.6 is 0 Å². The second-order valence-electron chi connectivity index (χ2n) is 6.98. The van der Waals surface area contributed by atoms with Crippen molar-refractivity contribution in [2.75, 3.05) is 6.61 Å². The standard InChI is InChI=1S/C19H26N2O2/c1-14-13-21-18(23-14)4-3-11-22-17-7-5-15(6-8-17)16-9-10-19(2,20)12-16/h5-8,13,16H,3-4,9-12,20H2,1-2H3/t16-,19-/m1/s1. The van der Waals surface area contributed by atoms with Gasteiger partial charge in [0.05, 0.1) is 12.8 Å². The first-order valence-corrected chi connectivity index (χ1v) is 8.45. The van der Waals surface area contributed by atoms with E-state index >= 15 is 0 Å². The van der Waals surface area contributed by atoms with E-state index in [1.54, 1.807) is 6.20 Å². The Labute approximate surface area is 138 Å². The summed E-state index contributed by atoms with van der Waals surface area (Å²) in [6.07, 6.45) is 6.82. The normalized spacial score (nSPS) is 24.0. The fourth-order valence-corrected chi connectivity index (χ4v) is 3.32. The Morgan fingerprint density at radius 3 is 2.74 bits per heavy atom. The number of oxazole rings is 1. The zero-order chi connectivity index (χ0) is 16.3. The van der Waals surface area contributed by atoms with Gasteiger partial charge in [0, 0.05) is 12.0 Å². The van der Waals surface area contributed by atoms with Crippen molar-refractivity contribution in [3.63, 3.8) is 0 Å². The highest BCUT2D eigenvalue weighted by Gasteiger charge is 2.32. The summed E-state index contributed by atoms with van der Waals surface area (Å²) in [5, 5.41) is 0. The van der Waals surface area contributed by atoms with E-state index in [2.05, 4.69) is 36.2 Å². The zero-order valence-corrected chi connectivity index (χ0v) is 14.0. The first-order chi connectivity index (χ1) is 11.0. The van der Waals surface area contributed by atoms with Crippen LogP contribution in [0.4, 0.5) is 0 Å². The second kappa shape index (κ2) is 6.75. The van der Waals surface area contributed by atoms with Gasteiger partial charge in [-0.05, 0) is 63.1 Å². The van der Waals surface area contributed by atoms with Gasteiger partial charge in [-0.3, -0.25) is 0 Å². The van der Waals surface area contributed by atoms with Crippen LogP contribution in [0.1, 0.15) is 55.7 Å². The molecule has 23 heavy (non-hydrogen) atoms.